The molecule has 0 saturated heterocycles. The molecule has 0 amide bonds. The van der Waals surface area contributed by atoms with Gasteiger partial charge >= 0.3 is 0 Å². The lowest BCUT2D eigenvalue weighted by Crippen LogP contribution is -2.31. The van der Waals surface area contributed by atoms with Crippen LogP contribution in [0, 0.1) is 6.92 Å². The van der Waals surface area contributed by atoms with Crippen molar-refractivity contribution in [1.29, 1.82) is 0 Å². The third-order valence-corrected chi connectivity index (χ3v) is 4.59. The molecule has 0 aromatic carbocycles. The van der Waals surface area contributed by atoms with E-state index in [1.807, 2.05) is 18.0 Å². The number of nitrogens with zero attached hydrogens (tertiary/aromatic N) is 3. The van der Waals surface area contributed by atoms with Crippen LogP contribution in [0.2, 0.25) is 0 Å². The normalized spacial score (nSPS) is 16.2. The van der Waals surface area contributed by atoms with Crippen molar-refractivity contribution >= 4 is 17.7 Å². The fourth-order valence-electron chi connectivity index (χ4n) is 2.04. The van der Waals surface area contributed by atoms with E-state index in [9.17, 15) is 0 Å². The van der Waals surface area contributed by atoms with Gasteiger partial charge in [-0.1, -0.05) is 0 Å². The summed E-state index contributed by atoms with van der Waals surface area (Å²) in [5.41, 5.74) is 2.30. The number of hydrogen-bond donors (Lipinski definition) is 1. The summed E-state index contributed by atoms with van der Waals surface area (Å²) in [6.45, 7) is 5.20. The maximum absolute atomic E-state index is 4.67. The summed E-state index contributed by atoms with van der Waals surface area (Å²) in [6, 6.07) is 1.20. The highest BCUT2D eigenvalue weighted by Crippen LogP contribution is 2.20. The zero-order chi connectivity index (χ0) is 14.5. The molecule has 1 fully saturated rings. The Morgan fingerprint density at radius 3 is 2.85 bits per heavy atom. The third-order valence-electron chi connectivity index (χ3n) is 3.94. The minimum atomic E-state index is 0.470. The van der Waals surface area contributed by atoms with E-state index in [0.29, 0.717) is 6.04 Å². The van der Waals surface area contributed by atoms with Gasteiger partial charge in [0.2, 0.25) is 5.95 Å². The third kappa shape index (κ3) is 4.35. The Balaban J connectivity index is 1.95. The highest BCUT2D eigenvalue weighted by Gasteiger charge is 2.20. The number of nitrogens with one attached hydrogen (secondary N) is 1. The largest absolute Gasteiger partial charge is 0.341 e. The zero-order valence-corrected chi connectivity index (χ0v) is 13.8. The Kier molecular flexibility index (Phi) is 5.66. The van der Waals surface area contributed by atoms with Gasteiger partial charge in [-0.15, -0.1) is 0 Å². The molecule has 0 bridgehead atoms. The highest BCUT2D eigenvalue weighted by atomic mass is 32.2. The molecule has 20 heavy (non-hydrogen) atoms. The quantitative estimate of drug-likeness (QED) is 0.798. The van der Waals surface area contributed by atoms with E-state index in [4.69, 9.17) is 0 Å². The number of aromatic nitrogens is 2. The number of aryl methyl sites for hydroxylation is 1. The maximum atomic E-state index is 4.67. The first-order chi connectivity index (χ1) is 9.61. The Bertz CT molecular complexity index is 434. The predicted molar refractivity (Wildman–Crippen MR) is 87.5 cm³/mol. The fourth-order valence-corrected chi connectivity index (χ4v) is 2.62. The summed E-state index contributed by atoms with van der Waals surface area (Å²) < 4.78 is 0. The van der Waals surface area contributed by atoms with Crippen LogP contribution in [0.25, 0.3) is 0 Å². The second-order valence-electron chi connectivity index (χ2n) is 5.68. The monoisotopic (exact) mass is 294 g/mol. The van der Waals surface area contributed by atoms with Gasteiger partial charge in [-0.05, 0) is 45.1 Å². The van der Waals surface area contributed by atoms with Gasteiger partial charge in [0.1, 0.15) is 0 Å². The molecule has 0 spiro atoms. The number of rotatable bonds is 8. The molecule has 1 atom stereocenters. The molecule has 112 valence electrons. The molecule has 1 heterocycles. The lowest BCUT2D eigenvalue weighted by atomic mass is 10.2. The van der Waals surface area contributed by atoms with Gasteiger partial charge in [-0.2, -0.15) is 11.8 Å². The van der Waals surface area contributed by atoms with Crippen LogP contribution in [0.4, 0.5) is 5.95 Å². The topological polar surface area (TPSA) is 41.1 Å². The first kappa shape index (κ1) is 15.6. The average molecular weight is 294 g/mol. The van der Waals surface area contributed by atoms with Crippen molar-refractivity contribution in [3.8, 4) is 0 Å². The van der Waals surface area contributed by atoms with E-state index in [1.54, 1.807) is 0 Å². The van der Waals surface area contributed by atoms with Gasteiger partial charge in [0.25, 0.3) is 0 Å². The number of anilines is 1. The minimum absolute atomic E-state index is 0.470. The lowest BCUT2D eigenvalue weighted by Gasteiger charge is -2.25. The van der Waals surface area contributed by atoms with Crippen LogP contribution >= 0.6 is 11.8 Å². The van der Waals surface area contributed by atoms with E-state index >= 15 is 0 Å². The maximum Gasteiger partial charge on any atom is 0.225 e. The van der Waals surface area contributed by atoms with Crippen LogP contribution in [0.3, 0.4) is 0 Å². The second kappa shape index (κ2) is 7.27. The zero-order valence-electron chi connectivity index (χ0n) is 13.0. The predicted octanol–water partition coefficient (Wildman–Crippen LogP) is 2.61. The van der Waals surface area contributed by atoms with E-state index in [1.165, 1.54) is 24.2 Å². The SMILES string of the molecule is CSCCC(C)N(C)c1ncc(CNC2CC2)c(C)n1. The van der Waals surface area contributed by atoms with Crippen molar-refractivity contribution in [3.63, 3.8) is 0 Å². The van der Waals surface area contributed by atoms with Gasteiger partial charge in [-0.25, -0.2) is 9.97 Å². The molecule has 2 rings (SSSR count). The first-order valence-electron chi connectivity index (χ1n) is 7.39. The van der Waals surface area contributed by atoms with Crippen molar-refractivity contribution in [3.05, 3.63) is 17.5 Å². The van der Waals surface area contributed by atoms with Crippen LogP contribution in [0.1, 0.15) is 37.4 Å². The van der Waals surface area contributed by atoms with Gasteiger partial charge < -0.3 is 10.2 Å². The molecule has 1 unspecified atom stereocenters. The molecule has 0 aliphatic heterocycles. The standard InChI is InChI=1S/C15H26N4S/c1-11(7-8-20-4)19(3)15-17-10-13(12(2)18-15)9-16-14-5-6-14/h10-11,14,16H,5-9H2,1-4H3. The molecule has 1 saturated carbocycles. The molecular weight excluding hydrogens is 268 g/mol. The van der Waals surface area contributed by atoms with Crippen LogP contribution in [-0.2, 0) is 6.54 Å². The Hall–Kier alpha value is -0.810. The molecule has 1 aromatic heterocycles. The molecule has 4 nitrogen and oxygen atoms in total. The van der Waals surface area contributed by atoms with Crippen molar-refractivity contribution in [2.75, 3.05) is 24.0 Å². The summed E-state index contributed by atoms with van der Waals surface area (Å²) in [5, 5.41) is 3.52. The smallest absolute Gasteiger partial charge is 0.225 e. The molecule has 1 aromatic rings. The van der Waals surface area contributed by atoms with Gasteiger partial charge in [0.15, 0.2) is 0 Å². The summed E-state index contributed by atoms with van der Waals surface area (Å²) in [4.78, 5) is 11.4. The van der Waals surface area contributed by atoms with Crippen molar-refractivity contribution < 1.29 is 0 Å². The van der Waals surface area contributed by atoms with E-state index in [-0.39, 0.29) is 0 Å². The van der Waals surface area contributed by atoms with E-state index in [0.717, 1.165) is 30.6 Å². The first-order valence-corrected chi connectivity index (χ1v) is 8.79. The summed E-state index contributed by atoms with van der Waals surface area (Å²) in [5.74, 6) is 2.01. The highest BCUT2D eigenvalue weighted by molar-refractivity contribution is 7.98. The van der Waals surface area contributed by atoms with Crippen LogP contribution in [0.5, 0.6) is 0 Å². The summed E-state index contributed by atoms with van der Waals surface area (Å²) in [6.07, 6.45) is 7.91. The molecular formula is C15H26N4S. The minimum Gasteiger partial charge on any atom is -0.341 e. The van der Waals surface area contributed by atoms with E-state index < -0.39 is 0 Å². The number of hydrogen-bond acceptors (Lipinski definition) is 5. The van der Waals surface area contributed by atoms with Crippen LogP contribution in [-0.4, -0.2) is 41.1 Å². The second-order valence-corrected chi connectivity index (χ2v) is 6.66. The van der Waals surface area contributed by atoms with Crippen molar-refractivity contribution in [2.45, 2.75) is 51.7 Å². The Morgan fingerprint density at radius 2 is 2.25 bits per heavy atom. The van der Waals surface area contributed by atoms with Gasteiger partial charge in [-0.3, -0.25) is 0 Å². The van der Waals surface area contributed by atoms with Crippen LogP contribution in [0.15, 0.2) is 6.20 Å². The molecule has 1 N–H and O–H groups in total. The lowest BCUT2D eigenvalue weighted by molar-refractivity contribution is 0.646. The van der Waals surface area contributed by atoms with Crippen molar-refractivity contribution in [1.82, 2.24) is 15.3 Å². The van der Waals surface area contributed by atoms with E-state index in [2.05, 4.69) is 47.3 Å². The summed E-state index contributed by atoms with van der Waals surface area (Å²) in [7, 11) is 2.09. The molecule has 5 heteroatoms. The molecule has 1 aliphatic rings. The van der Waals surface area contributed by atoms with Crippen LogP contribution < -0.4 is 10.2 Å². The number of thioether (sulfide) groups is 1. The summed E-state index contributed by atoms with van der Waals surface area (Å²) >= 11 is 1.89. The Labute approximate surface area is 126 Å². The molecule has 0 radical (unpaired) electrons. The average Bonchev–Trinajstić information content (AvgIpc) is 3.26. The van der Waals surface area contributed by atoms with Crippen molar-refractivity contribution in [2.24, 2.45) is 0 Å². The van der Waals surface area contributed by atoms with Gasteiger partial charge in [0.05, 0.1) is 0 Å². The fraction of sp³-hybridized carbons (Fsp3) is 0.733. The molecule has 1 aliphatic carbocycles. The van der Waals surface area contributed by atoms with Gasteiger partial charge in [0, 0.05) is 43.1 Å². The Morgan fingerprint density at radius 1 is 1.50 bits per heavy atom.